The Bertz CT molecular complexity index is 957. The second-order valence-corrected chi connectivity index (χ2v) is 7.56. The van der Waals surface area contributed by atoms with Crippen LogP contribution in [-0.4, -0.2) is 23.1 Å². The van der Waals surface area contributed by atoms with Gasteiger partial charge in [0.25, 0.3) is 0 Å². The van der Waals surface area contributed by atoms with Crippen LogP contribution in [0.3, 0.4) is 0 Å². The molecular formula is C24H22N2O2. The lowest BCUT2D eigenvalue weighted by Gasteiger charge is -2.27. The molecule has 28 heavy (non-hydrogen) atoms. The van der Waals surface area contributed by atoms with Crippen molar-refractivity contribution in [2.75, 3.05) is 5.32 Å². The predicted octanol–water partition coefficient (Wildman–Crippen LogP) is 4.65. The van der Waals surface area contributed by atoms with Gasteiger partial charge >= 0.3 is 0 Å². The normalized spacial score (nSPS) is 25.6. The minimum atomic E-state index is -0.157. The highest BCUT2D eigenvalue weighted by atomic mass is 16.5. The summed E-state index contributed by atoms with van der Waals surface area (Å²) in [7, 11) is 0. The number of rotatable bonds is 4. The summed E-state index contributed by atoms with van der Waals surface area (Å²) in [5.41, 5.74) is 4.26. The van der Waals surface area contributed by atoms with Gasteiger partial charge in [-0.2, -0.15) is 0 Å². The number of fused-ring (bicyclic) bond motifs is 2. The van der Waals surface area contributed by atoms with E-state index in [-0.39, 0.29) is 30.0 Å². The van der Waals surface area contributed by atoms with E-state index in [1.165, 1.54) is 5.56 Å². The van der Waals surface area contributed by atoms with Gasteiger partial charge in [0, 0.05) is 24.0 Å². The highest BCUT2D eigenvalue weighted by molar-refractivity contribution is 5.94. The summed E-state index contributed by atoms with van der Waals surface area (Å²) >= 11 is 0. The number of carbonyl (C=O) groups is 1. The molecule has 4 atom stereocenters. The molecule has 3 aromatic rings. The molecule has 2 saturated heterocycles. The van der Waals surface area contributed by atoms with E-state index < -0.39 is 0 Å². The van der Waals surface area contributed by atoms with Crippen LogP contribution in [0.15, 0.2) is 79.1 Å². The van der Waals surface area contributed by atoms with Crippen LogP contribution in [0.25, 0.3) is 11.1 Å². The summed E-state index contributed by atoms with van der Waals surface area (Å²) in [5, 5.41) is 3.11. The predicted molar refractivity (Wildman–Crippen MR) is 109 cm³/mol. The molecular weight excluding hydrogens is 348 g/mol. The zero-order chi connectivity index (χ0) is 18.9. The molecule has 140 valence electrons. The number of hydrogen-bond donors (Lipinski definition) is 1. The molecule has 0 unspecified atom stereocenters. The van der Waals surface area contributed by atoms with Crippen molar-refractivity contribution in [3.63, 3.8) is 0 Å². The highest BCUT2D eigenvalue weighted by Crippen LogP contribution is 2.49. The molecule has 4 nitrogen and oxygen atoms in total. The van der Waals surface area contributed by atoms with Crippen LogP contribution in [0.1, 0.15) is 24.3 Å². The molecule has 5 rings (SSSR count). The van der Waals surface area contributed by atoms with E-state index in [9.17, 15) is 4.79 Å². The van der Waals surface area contributed by atoms with Crippen molar-refractivity contribution >= 4 is 11.6 Å². The van der Waals surface area contributed by atoms with Crippen LogP contribution < -0.4 is 5.32 Å². The largest absolute Gasteiger partial charge is 0.373 e. The van der Waals surface area contributed by atoms with Gasteiger partial charge in [0.05, 0.1) is 18.1 Å². The van der Waals surface area contributed by atoms with Crippen LogP contribution in [-0.2, 0) is 9.53 Å². The molecule has 1 N–H and O–H groups in total. The first-order chi connectivity index (χ1) is 13.8. The van der Waals surface area contributed by atoms with Gasteiger partial charge in [0.2, 0.25) is 5.91 Å². The van der Waals surface area contributed by atoms with Gasteiger partial charge < -0.3 is 10.1 Å². The average Bonchev–Trinajstić information content (AvgIpc) is 3.37. The minimum Gasteiger partial charge on any atom is -0.373 e. The number of anilines is 1. The van der Waals surface area contributed by atoms with E-state index in [1.54, 1.807) is 12.4 Å². The molecule has 0 aliphatic carbocycles. The van der Waals surface area contributed by atoms with Crippen LogP contribution >= 0.6 is 0 Å². The second-order valence-electron chi connectivity index (χ2n) is 7.56. The SMILES string of the molecule is O=C(Nc1ccc(-c2ccccc2)cc1)[C@H]1[C@@H](c2ccncc2)[C@@H]2CC[C@H]1O2. The summed E-state index contributed by atoms with van der Waals surface area (Å²) in [6, 6.07) is 22.3. The number of ether oxygens (including phenoxy) is 1. The van der Waals surface area contributed by atoms with E-state index in [0.29, 0.717) is 0 Å². The summed E-state index contributed by atoms with van der Waals surface area (Å²) in [6.45, 7) is 0. The van der Waals surface area contributed by atoms with Crippen molar-refractivity contribution in [2.24, 2.45) is 5.92 Å². The van der Waals surface area contributed by atoms with Crippen molar-refractivity contribution in [2.45, 2.75) is 31.0 Å². The Kier molecular flexibility index (Phi) is 4.41. The first kappa shape index (κ1) is 17.1. The van der Waals surface area contributed by atoms with Crippen molar-refractivity contribution in [1.82, 2.24) is 4.98 Å². The zero-order valence-electron chi connectivity index (χ0n) is 15.5. The average molecular weight is 370 g/mol. The van der Waals surface area contributed by atoms with Crippen molar-refractivity contribution in [3.05, 3.63) is 84.7 Å². The lowest BCUT2D eigenvalue weighted by molar-refractivity contribution is -0.121. The number of nitrogens with zero attached hydrogens (tertiary/aromatic N) is 1. The number of hydrogen-bond acceptors (Lipinski definition) is 3. The molecule has 0 spiro atoms. The smallest absolute Gasteiger partial charge is 0.230 e. The summed E-state index contributed by atoms with van der Waals surface area (Å²) < 4.78 is 6.11. The molecule has 2 aromatic carbocycles. The van der Waals surface area contributed by atoms with Gasteiger partial charge in [-0.1, -0.05) is 42.5 Å². The van der Waals surface area contributed by atoms with Gasteiger partial charge in [-0.15, -0.1) is 0 Å². The van der Waals surface area contributed by atoms with E-state index >= 15 is 0 Å². The Morgan fingerprint density at radius 3 is 2.29 bits per heavy atom. The molecule has 4 heteroatoms. The monoisotopic (exact) mass is 370 g/mol. The van der Waals surface area contributed by atoms with Crippen LogP contribution in [0.2, 0.25) is 0 Å². The van der Waals surface area contributed by atoms with E-state index in [4.69, 9.17) is 4.74 Å². The van der Waals surface area contributed by atoms with E-state index in [2.05, 4.69) is 22.4 Å². The maximum atomic E-state index is 13.1. The maximum Gasteiger partial charge on any atom is 0.230 e. The third kappa shape index (κ3) is 3.10. The Hall–Kier alpha value is -2.98. The highest BCUT2D eigenvalue weighted by Gasteiger charge is 2.52. The second kappa shape index (κ2) is 7.21. The molecule has 2 aliphatic heterocycles. The quantitative estimate of drug-likeness (QED) is 0.727. The number of nitrogens with one attached hydrogen (secondary N) is 1. The Labute approximate surface area is 164 Å². The van der Waals surface area contributed by atoms with Gasteiger partial charge in [-0.25, -0.2) is 0 Å². The summed E-state index contributed by atoms with van der Waals surface area (Å²) in [6.07, 6.45) is 5.69. The van der Waals surface area contributed by atoms with Crippen molar-refractivity contribution in [1.29, 1.82) is 0 Å². The van der Waals surface area contributed by atoms with Crippen LogP contribution in [0, 0.1) is 5.92 Å². The van der Waals surface area contributed by atoms with E-state index in [0.717, 1.165) is 29.7 Å². The topological polar surface area (TPSA) is 51.2 Å². The molecule has 0 radical (unpaired) electrons. The number of amides is 1. The number of carbonyl (C=O) groups excluding carboxylic acids is 1. The first-order valence-electron chi connectivity index (χ1n) is 9.81. The van der Waals surface area contributed by atoms with Crippen molar-refractivity contribution < 1.29 is 9.53 Å². The maximum absolute atomic E-state index is 13.1. The Balaban J connectivity index is 1.35. The van der Waals surface area contributed by atoms with Gasteiger partial charge in [-0.3, -0.25) is 9.78 Å². The third-order valence-electron chi connectivity index (χ3n) is 5.93. The van der Waals surface area contributed by atoms with Gasteiger partial charge in [-0.05, 0) is 53.8 Å². The number of pyridine rings is 1. The molecule has 1 amide bonds. The number of aromatic nitrogens is 1. The van der Waals surface area contributed by atoms with Gasteiger partial charge in [0.1, 0.15) is 0 Å². The molecule has 2 aliphatic rings. The van der Waals surface area contributed by atoms with E-state index in [1.807, 2.05) is 54.6 Å². The fourth-order valence-corrected chi connectivity index (χ4v) is 4.62. The fourth-order valence-electron chi connectivity index (χ4n) is 4.62. The lowest BCUT2D eigenvalue weighted by atomic mass is 9.75. The van der Waals surface area contributed by atoms with Gasteiger partial charge in [0.15, 0.2) is 0 Å². The molecule has 3 heterocycles. The minimum absolute atomic E-state index is 0.00626. The standard InChI is InChI=1S/C24H22N2O2/c27-24(26-19-8-6-17(7-9-19)16-4-2-1-3-5-16)23-21-11-10-20(28-21)22(23)18-12-14-25-15-13-18/h1-9,12-15,20-23H,10-11H2,(H,26,27)/t20-,21+,22-,23+/m0/s1. The number of benzene rings is 2. The molecule has 2 fully saturated rings. The van der Waals surface area contributed by atoms with Crippen LogP contribution in [0.4, 0.5) is 5.69 Å². The summed E-state index contributed by atoms with van der Waals surface area (Å²) in [5.74, 6) is -0.0123. The summed E-state index contributed by atoms with van der Waals surface area (Å²) in [4.78, 5) is 17.2. The zero-order valence-corrected chi connectivity index (χ0v) is 15.5. The Morgan fingerprint density at radius 2 is 1.54 bits per heavy atom. The van der Waals surface area contributed by atoms with Crippen molar-refractivity contribution in [3.8, 4) is 11.1 Å². The third-order valence-corrected chi connectivity index (χ3v) is 5.93. The molecule has 0 saturated carbocycles. The lowest BCUT2D eigenvalue weighted by Crippen LogP contribution is -2.36. The molecule has 1 aromatic heterocycles. The first-order valence-corrected chi connectivity index (χ1v) is 9.81. The van der Waals surface area contributed by atoms with Crippen LogP contribution in [0.5, 0.6) is 0 Å². The molecule has 2 bridgehead atoms. The fraction of sp³-hybridized carbons (Fsp3) is 0.250. The Morgan fingerprint density at radius 1 is 0.857 bits per heavy atom.